The predicted octanol–water partition coefficient (Wildman–Crippen LogP) is 2.06. The molecular weight excluding hydrogens is 270 g/mol. The summed E-state index contributed by atoms with van der Waals surface area (Å²) in [7, 11) is 1.83. The van der Waals surface area contributed by atoms with Crippen LogP contribution in [0.15, 0.2) is 20.9 Å². The molecular formula is C10H13N5OS2. The van der Waals surface area contributed by atoms with Crippen LogP contribution in [0.5, 0.6) is 0 Å². The minimum Gasteiger partial charge on any atom is -0.374 e. The smallest absolute Gasteiger partial charge is 0.180 e. The number of nitrogens with one attached hydrogen (secondary N) is 1. The Bertz CT molecular complexity index is 491. The maximum Gasteiger partial charge on any atom is 0.180 e. The van der Waals surface area contributed by atoms with E-state index >= 15 is 0 Å². The van der Waals surface area contributed by atoms with Crippen LogP contribution in [-0.2, 0) is 11.3 Å². The summed E-state index contributed by atoms with van der Waals surface area (Å²) >= 11 is 2.95. The van der Waals surface area contributed by atoms with Crippen molar-refractivity contribution in [1.29, 1.82) is 0 Å². The number of anilines is 1. The van der Waals surface area contributed by atoms with Crippen molar-refractivity contribution in [3.05, 3.63) is 17.4 Å². The molecule has 2 aromatic rings. The van der Waals surface area contributed by atoms with Crippen LogP contribution >= 0.6 is 23.1 Å². The largest absolute Gasteiger partial charge is 0.374 e. The fraction of sp³-hybridized carbons (Fsp3) is 0.400. The summed E-state index contributed by atoms with van der Waals surface area (Å²) in [4.78, 5) is 8.74. The van der Waals surface area contributed by atoms with Gasteiger partial charge in [-0.15, -0.1) is 10.2 Å². The maximum atomic E-state index is 5.32. The first-order chi connectivity index (χ1) is 8.81. The molecule has 0 unspecified atom stereocenters. The van der Waals surface area contributed by atoms with Gasteiger partial charge in [0, 0.05) is 19.7 Å². The van der Waals surface area contributed by atoms with Gasteiger partial charge in [-0.1, -0.05) is 11.3 Å². The number of ether oxygens (including phenoxy) is 1. The summed E-state index contributed by atoms with van der Waals surface area (Å²) in [6.07, 6.45) is 0. The molecule has 0 aliphatic carbocycles. The molecule has 8 heteroatoms. The van der Waals surface area contributed by atoms with Crippen molar-refractivity contribution in [1.82, 2.24) is 20.2 Å². The fourth-order valence-electron chi connectivity index (χ4n) is 1.21. The van der Waals surface area contributed by atoms with Crippen molar-refractivity contribution >= 4 is 28.9 Å². The molecule has 2 heterocycles. The summed E-state index contributed by atoms with van der Waals surface area (Å²) in [5.74, 6) is 1.43. The fourth-order valence-corrected chi connectivity index (χ4v) is 2.65. The minimum absolute atomic E-state index is 0.412. The van der Waals surface area contributed by atoms with E-state index in [0.717, 1.165) is 15.2 Å². The van der Waals surface area contributed by atoms with Crippen LogP contribution in [-0.4, -0.2) is 33.8 Å². The van der Waals surface area contributed by atoms with E-state index in [0.29, 0.717) is 19.0 Å². The zero-order valence-electron chi connectivity index (χ0n) is 10.1. The van der Waals surface area contributed by atoms with Crippen LogP contribution in [0, 0.1) is 0 Å². The standard InChI is InChI=1S/C10H13N5OS2/c1-3-16-5-8-13-7(11-2)4-9(14-8)18-10-15-12-6-17-10/h4,6H,3,5H2,1-2H3,(H,11,13,14). The average Bonchev–Trinajstić information content (AvgIpc) is 2.89. The molecule has 0 bridgehead atoms. The van der Waals surface area contributed by atoms with Crippen molar-refractivity contribution in [2.75, 3.05) is 19.0 Å². The topological polar surface area (TPSA) is 72.8 Å². The van der Waals surface area contributed by atoms with Gasteiger partial charge in [-0.2, -0.15) is 0 Å². The van der Waals surface area contributed by atoms with Crippen molar-refractivity contribution in [2.24, 2.45) is 0 Å². The van der Waals surface area contributed by atoms with Crippen molar-refractivity contribution < 1.29 is 4.74 Å². The molecule has 0 spiro atoms. The Morgan fingerprint density at radius 1 is 1.44 bits per heavy atom. The molecule has 0 saturated carbocycles. The highest BCUT2D eigenvalue weighted by Crippen LogP contribution is 2.28. The lowest BCUT2D eigenvalue weighted by molar-refractivity contribution is 0.128. The Morgan fingerprint density at radius 3 is 3.00 bits per heavy atom. The van der Waals surface area contributed by atoms with Crippen molar-refractivity contribution in [2.45, 2.75) is 22.9 Å². The Kier molecular flexibility index (Phi) is 4.85. The monoisotopic (exact) mass is 283 g/mol. The van der Waals surface area contributed by atoms with Crippen LogP contribution < -0.4 is 5.32 Å². The number of nitrogens with zero attached hydrogens (tertiary/aromatic N) is 4. The minimum atomic E-state index is 0.412. The third-order valence-corrected chi connectivity index (χ3v) is 3.67. The highest BCUT2D eigenvalue weighted by molar-refractivity contribution is 8.00. The lowest BCUT2D eigenvalue weighted by Gasteiger charge is -2.06. The summed E-state index contributed by atoms with van der Waals surface area (Å²) < 4.78 is 6.18. The molecule has 96 valence electrons. The number of hydrogen-bond acceptors (Lipinski definition) is 8. The van der Waals surface area contributed by atoms with Crippen LogP contribution in [0.1, 0.15) is 12.7 Å². The lowest BCUT2D eigenvalue weighted by atomic mass is 10.5. The van der Waals surface area contributed by atoms with Gasteiger partial charge < -0.3 is 10.1 Å². The third kappa shape index (κ3) is 3.62. The molecule has 0 atom stereocenters. The second-order valence-corrected chi connectivity index (χ2v) is 5.30. The van der Waals surface area contributed by atoms with E-state index < -0.39 is 0 Å². The van der Waals surface area contributed by atoms with Gasteiger partial charge in [0.15, 0.2) is 10.2 Å². The van der Waals surface area contributed by atoms with Gasteiger partial charge in [0.05, 0.1) is 0 Å². The second-order valence-electron chi connectivity index (χ2n) is 3.20. The van der Waals surface area contributed by atoms with Gasteiger partial charge in [0.1, 0.15) is 23.0 Å². The number of hydrogen-bond donors (Lipinski definition) is 1. The van der Waals surface area contributed by atoms with Gasteiger partial charge in [0.2, 0.25) is 0 Å². The Labute approximate surface area is 113 Å². The van der Waals surface area contributed by atoms with E-state index in [4.69, 9.17) is 4.74 Å². The number of aromatic nitrogens is 4. The molecule has 18 heavy (non-hydrogen) atoms. The van der Waals surface area contributed by atoms with Gasteiger partial charge >= 0.3 is 0 Å². The molecule has 0 aliphatic rings. The van der Waals surface area contributed by atoms with E-state index in [-0.39, 0.29) is 0 Å². The molecule has 2 rings (SSSR count). The van der Waals surface area contributed by atoms with Gasteiger partial charge in [-0.25, -0.2) is 9.97 Å². The van der Waals surface area contributed by atoms with Crippen LogP contribution in [0.25, 0.3) is 0 Å². The normalized spacial score (nSPS) is 10.6. The van der Waals surface area contributed by atoms with Crippen molar-refractivity contribution in [3.63, 3.8) is 0 Å². The van der Waals surface area contributed by atoms with E-state index in [1.807, 2.05) is 20.0 Å². The van der Waals surface area contributed by atoms with Crippen LogP contribution in [0.3, 0.4) is 0 Å². The van der Waals surface area contributed by atoms with Crippen LogP contribution in [0.4, 0.5) is 5.82 Å². The molecule has 2 aromatic heterocycles. The predicted molar refractivity (Wildman–Crippen MR) is 70.9 cm³/mol. The first-order valence-electron chi connectivity index (χ1n) is 5.39. The van der Waals surface area contributed by atoms with Gasteiger partial charge in [0.25, 0.3) is 0 Å². The quantitative estimate of drug-likeness (QED) is 0.813. The summed E-state index contributed by atoms with van der Waals surface area (Å²) in [5.41, 5.74) is 1.70. The first-order valence-corrected chi connectivity index (χ1v) is 7.09. The Morgan fingerprint density at radius 2 is 2.33 bits per heavy atom. The molecule has 0 aliphatic heterocycles. The van der Waals surface area contributed by atoms with E-state index in [2.05, 4.69) is 25.5 Å². The zero-order chi connectivity index (χ0) is 12.8. The average molecular weight is 283 g/mol. The Balaban J connectivity index is 2.17. The summed E-state index contributed by atoms with van der Waals surface area (Å²) in [6, 6.07) is 1.88. The summed E-state index contributed by atoms with van der Waals surface area (Å²) in [6.45, 7) is 3.00. The van der Waals surface area contributed by atoms with Gasteiger partial charge in [-0.05, 0) is 18.7 Å². The molecule has 6 nitrogen and oxygen atoms in total. The molecule has 0 aromatic carbocycles. The molecule has 0 saturated heterocycles. The first kappa shape index (κ1) is 13.2. The molecule has 0 fully saturated rings. The SMILES string of the molecule is CCOCc1nc(NC)cc(Sc2nncs2)n1. The van der Waals surface area contributed by atoms with E-state index in [1.165, 1.54) is 23.1 Å². The van der Waals surface area contributed by atoms with E-state index in [9.17, 15) is 0 Å². The third-order valence-electron chi connectivity index (χ3n) is 1.97. The molecule has 0 amide bonds. The van der Waals surface area contributed by atoms with Crippen LogP contribution in [0.2, 0.25) is 0 Å². The number of rotatable bonds is 6. The molecule has 0 radical (unpaired) electrons. The van der Waals surface area contributed by atoms with E-state index in [1.54, 1.807) is 5.51 Å². The molecule has 1 N–H and O–H groups in total. The maximum absolute atomic E-state index is 5.32. The lowest BCUT2D eigenvalue weighted by Crippen LogP contribution is -2.03. The van der Waals surface area contributed by atoms with Crippen molar-refractivity contribution in [3.8, 4) is 0 Å². The highest BCUT2D eigenvalue weighted by Gasteiger charge is 2.07. The summed E-state index contributed by atoms with van der Waals surface area (Å²) in [5, 5.41) is 11.6. The highest BCUT2D eigenvalue weighted by atomic mass is 32.2. The Hall–Kier alpha value is -1.25. The zero-order valence-corrected chi connectivity index (χ0v) is 11.7. The second kappa shape index (κ2) is 6.62. The van der Waals surface area contributed by atoms with Gasteiger partial charge in [-0.3, -0.25) is 0 Å².